The van der Waals surface area contributed by atoms with Gasteiger partial charge in [-0.15, -0.1) is 11.8 Å². The molecule has 1 aromatic heterocycles. The predicted octanol–water partition coefficient (Wildman–Crippen LogP) is 2.67. The number of pyridine rings is 1. The van der Waals surface area contributed by atoms with Gasteiger partial charge in [0.05, 0.1) is 11.1 Å². The van der Waals surface area contributed by atoms with Gasteiger partial charge in [-0.1, -0.05) is 36.4 Å². The maximum Gasteiger partial charge on any atom is 0.0960 e. The Kier molecular flexibility index (Phi) is 6.05. The van der Waals surface area contributed by atoms with Crippen molar-refractivity contribution >= 4 is 11.8 Å². The van der Waals surface area contributed by atoms with Crippen molar-refractivity contribution in [2.45, 2.75) is 17.7 Å². The first kappa shape index (κ1) is 15.0. The standard InChI is InChI=1S/C16H20N2OS/c1-18(11-14-7-3-2-4-8-14)12-15(19)13-20-16-9-5-6-10-17-16/h2-10,15,19H,11-13H2,1H3/t15-/m1/s1. The van der Waals surface area contributed by atoms with E-state index in [-0.39, 0.29) is 6.10 Å². The Morgan fingerprint density at radius 1 is 1.15 bits per heavy atom. The highest BCUT2D eigenvalue weighted by atomic mass is 32.2. The number of hydrogen-bond acceptors (Lipinski definition) is 4. The minimum absolute atomic E-state index is 0.351. The van der Waals surface area contributed by atoms with Gasteiger partial charge < -0.3 is 5.11 Å². The summed E-state index contributed by atoms with van der Waals surface area (Å²) in [6.45, 7) is 1.51. The van der Waals surface area contributed by atoms with Crippen LogP contribution in [0.3, 0.4) is 0 Å². The third-order valence-electron chi connectivity index (χ3n) is 2.88. The minimum atomic E-state index is -0.351. The molecule has 1 N–H and O–H groups in total. The van der Waals surface area contributed by atoms with Gasteiger partial charge in [0.1, 0.15) is 0 Å². The van der Waals surface area contributed by atoms with Crippen LogP contribution in [0.2, 0.25) is 0 Å². The average molecular weight is 288 g/mol. The molecule has 2 rings (SSSR count). The Balaban J connectivity index is 1.72. The second-order valence-corrected chi connectivity index (χ2v) is 5.86. The molecule has 0 spiro atoms. The molecular weight excluding hydrogens is 268 g/mol. The van der Waals surface area contributed by atoms with Gasteiger partial charge >= 0.3 is 0 Å². The van der Waals surface area contributed by atoms with Gasteiger partial charge in [0.2, 0.25) is 0 Å². The zero-order chi connectivity index (χ0) is 14.2. The molecule has 1 heterocycles. The van der Waals surface area contributed by atoms with Crippen LogP contribution in [-0.4, -0.2) is 40.4 Å². The molecule has 1 aromatic carbocycles. The van der Waals surface area contributed by atoms with Crippen LogP contribution in [0.15, 0.2) is 59.8 Å². The summed E-state index contributed by atoms with van der Waals surface area (Å²) in [6, 6.07) is 16.1. The molecule has 0 aliphatic rings. The van der Waals surface area contributed by atoms with Crippen molar-refractivity contribution in [2.75, 3.05) is 19.3 Å². The highest BCUT2D eigenvalue weighted by Crippen LogP contribution is 2.15. The van der Waals surface area contributed by atoms with E-state index in [2.05, 4.69) is 22.0 Å². The number of hydrogen-bond donors (Lipinski definition) is 1. The van der Waals surface area contributed by atoms with E-state index in [1.807, 2.05) is 43.4 Å². The van der Waals surface area contributed by atoms with Crippen LogP contribution in [0.5, 0.6) is 0 Å². The normalized spacial score (nSPS) is 12.6. The molecule has 0 fully saturated rings. The van der Waals surface area contributed by atoms with Gasteiger partial charge in [-0.25, -0.2) is 4.98 Å². The first-order valence-electron chi connectivity index (χ1n) is 6.68. The van der Waals surface area contributed by atoms with E-state index < -0.39 is 0 Å². The second kappa shape index (κ2) is 8.04. The quantitative estimate of drug-likeness (QED) is 0.795. The SMILES string of the molecule is CN(Cc1ccccc1)C[C@@H](O)CSc1ccccn1. The van der Waals surface area contributed by atoms with Crippen LogP contribution in [-0.2, 0) is 6.54 Å². The summed E-state index contributed by atoms with van der Waals surface area (Å²) in [5, 5.41) is 11.0. The lowest BCUT2D eigenvalue weighted by atomic mass is 10.2. The number of rotatable bonds is 7. The zero-order valence-electron chi connectivity index (χ0n) is 11.6. The maximum atomic E-state index is 10.1. The molecule has 2 aromatic rings. The number of aromatic nitrogens is 1. The molecule has 0 amide bonds. The van der Waals surface area contributed by atoms with Crippen LogP contribution in [0, 0.1) is 0 Å². The van der Waals surface area contributed by atoms with Gasteiger partial charge in [-0.05, 0) is 24.7 Å². The first-order valence-corrected chi connectivity index (χ1v) is 7.67. The molecule has 0 aliphatic carbocycles. The van der Waals surface area contributed by atoms with E-state index in [0.29, 0.717) is 12.3 Å². The molecule has 0 saturated carbocycles. The Morgan fingerprint density at radius 2 is 1.90 bits per heavy atom. The van der Waals surface area contributed by atoms with Crippen molar-refractivity contribution in [1.29, 1.82) is 0 Å². The number of benzene rings is 1. The van der Waals surface area contributed by atoms with E-state index in [1.165, 1.54) is 5.56 Å². The van der Waals surface area contributed by atoms with E-state index in [0.717, 1.165) is 11.6 Å². The van der Waals surface area contributed by atoms with Crippen molar-refractivity contribution < 1.29 is 5.11 Å². The molecule has 0 aliphatic heterocycles. The van der Waals surface area contributed by atoms with Gasteiger partial charge in [0, 0.05) is 25.0 Å². The summed E-state index contributed by atoms with van der Waals surface area (Å²) >= 11 is 1.59. The van der Waals surface area contributed by atoms with Crippen LogP contribution in [0.25, 0.3) is 0 Å². The van der Waals surface area contributed by atoms with Crippen LogP contribution < -0.4 is 0 Å². The number of likely N-dealkylation sites (N-methyl/N-ethyl adjacent to an activating group) is 1. The second-order valence-electron chi connectivity index (χ2n) is 4.82. The molecule has 20 heavy (non-hydrogen) atoms. The topological polar surface area (TPSA) is 36.4 Å². The third kappa shape index (κ3) is 5.33. The molecule has 4 heteroatoms. The zero-order valence-corrected chi connectivity index (χ0v) is 12.5. The van der Waals surface area contributed by atoms with E-state index in [9.17, 15) is 5.11 Å². The minimum Gasteiger partial charge on any atom is -0.391 e. The van der Waals surface area contributed by atoms with Crippen molar-refractivity contribution in [3.8, 4) is 0 Å². The average Bonchev–Trinajstić information content (AvgIpc) is 2.47. The molecule has 1 atom stereocenters. The number of nitrogens with zero attached hydrogens (tertiary/aromatic N) is 2. The molecule has 0 unspecified atom stereocenters. The van der Waals surface area contributed by atoms with Crippen molar-refractivity contribution in [3.63, 3.8) is 0 Å². The fourth-order valence-corrected chi connectivity index (χ4v) is 2.76. The highest BCUT2D eigenvalue weighted by molar-refractivity contribution is 7.99. The summed E-state index contributed by atoms with van der Waals surface area (Å²) in [4.78, 5) is 6.37. The Hall–Kier alpha value is -1.36. The summed E-state index contributed by atoms with van der Waals surface area (Å²) in [7, 11) is 2.03. The van der Waals surface area contributed by atoms with Crippen LogP contribution >= 0.6 is 11.8 Å². The van der Waals surface area contributed by atoms with E-state index in [4.69, 9.17) is 0 Å². The molecule has 3 nitrogen and oxygen atoms in total. The lowest BCUT2D eigenvalue weighted by molar-refractivity contribution is 0.142. The van der Waals surface area contributed by atoms with E-state index in [1.54, 1.807) is 18.0 Å². The van der Waals surface area contributed by atoms with Gasteiger partial charge in [0.15, 0.2) is 0 Å². The highest BCUT2D eigenvalue weighted by Gasteiger charge is 2.09. The van der Waals surface area contributed by atoms with E-state index >= 15 is 0 Å². The number of thioether (sulfide) groups is 1. The smallest absolute Gasteiger partial charge is 0.0960 e. The first-order chi connectivity index (χ1) is 9.74. The Labute approximate surface area is 124 Å². The fourth-order valence-electron chi connectivity index (χ4n) is 1.99. The summed E-state index contributed by atoms with van der Waals surface area (Å²) in [5.41, 5.74) is 1.26. The molecule has 106 valence electrons. The summed E-state index contributed by atoms with van der Waals surface area (Å²) in [5.74, 6) is 0.663. The summed E-state index contributed by atoms with van der Waals surface area (Å²) in [6.07, 6.45) is 1.42. The Morgan fingerprint density at radius 3 is 2.60 bits per heavy atom. The molecule has 0 saturated heterocycles. The third-order valence-corrected chi connectivity index (χ3v) is 3.97. The Bertz CT molecular complexity index is 492. The predicted molar refractivity (Wildman–Crippen MR) is 83.7 cm³/mol. The van der Waals surface area contributed by atoms with Crippen LogP contribution in [0.1, 0.15) is 5.56 Å². The maximum absolute atomic E-state index is 10.1. The van der Waals surface area contributed by atoms with Crippen molar-refractivity contribution in [1.82, 2.24) is 9.88 Å². The molecule has 0 radical (unpaired) electrons. The molecule has 0 bridgehead atoms. The lowest BCUT2D eigenvalue weighted by Crippen LogP contribution is -2.30. The lowest BCUT2D eigenvalue weighted by Gasteiger charge is -2.20. The van der Waals surface area contributed by atoms with Gasteiger partial charge in [-0.3, -0.25) is 4.90 Å². The van der Waals surface area contributed by atoms with Crippen LogP contribution in [0.4, 0.5) is 0 Å². The van der Waals surface area contributed by atoms with Gasteiger partial charge in [-0.2, -0.15) is 0 Å². The molecular formula is C16H20N2OS. The fraction of sp³-hybridized carbons (Fsp3) is 0.312. The number of aliphatic hydroxyl groups excluding tert-OH is 1. The van der Waals surface area contributed by atoms with Gasteiger partial charge in [0.25, 0.3) is 0 Å². The number of aliphatic hydroxyl groups is 1. The largest absolute Gasteiger partial charge is 0.391 e. The van der Waals surface area contributed by atoms with Crippen molar-refractivity contribution in [2.24, 2.45) is 0 Å². The van der Waals surface area contributed by atoms with Crippen molar-refractivity contribution in [3.05, 3.63) is 60.3 Å². The summed E-state index contributed by atoms with van der Waals surface area (Å²) < 4.78 is 0. The monoisotopic (exact) mass is 288 g/mol.